The maximum atomic E-state index is 3.70. The van der Waals surface area contributed by atoms with Gasteiger partial charge in [-0.25, -0.2) is 0 Å². The second-order valence-electron chi connectivity index (χ2n) is 10.0. The van der Waals surface area contributed by atoms with Gasteiger partial charge in [0.05, 0.1) is 6.04 Å². The number of nitrogens with zero attached hydrogens (tertiary/aromatic N) is 1. The van der Waals surface area contributed by atoms with Crippen LogP contribution < -0.4 is 0 Å². The van der Waals surface area contributed by atoms with Crippen LogP contribution in [0.1, 0.15) is 54.5 Å². The van der Waals surface area contributed by atoms with Crippen molar-refractivity contribution in [3.63, 3.8) is 0 Å². The van der Waals surface area contributed by atoms with Crippen molar-refractivity contribution in [2.24, 2.45) is 5.92 Å². The predicted octanol–water partition coefficient (Wildman–Crippen LogP) is 8.11. The maximum Gasteiger partial charge on any atom is 0.0753 e. The van der Waals surface area contributed by atoms with Crippen molar-refractivity contribution in [1.82, 2.24) is 4.90 Å². The molecule has 0 saturated heterocycles. The molecule has 2 unspecified atom stereocenters. The van der Waals surface area contributed by atoms with Crippen LogP contribution in [-0.2, 0) is 19.5 Å². The van der Waals surface area contributed by atoms with Gasteiger partial charge in [0, 0.05) is 18.7 Å². The minimum absolute atomic E-state index is 0.107. The van der Waals surface area contributed by atoms with Crippen molar-refractivity contribution < 1.29 is 0 Å². The third-order valence-electron chi connectivity index (χ3n) is 6.73. The summed E-state index contributed by atoms with van der Waals surface area (Å²) in [5.41, 5.74) is 6.46. The van der Waals surface area contributed by atoms with E-state index >= 15 is 0 Å². The second-order valence-corrected chi connectivity index (χ2v) is 10.0. The minimum Gasteiger partial charge on any atom is -0.281 e. The lowest BCUT2D eigenvalue weighted by atomic mass is 9.91. The largest absolute Gasteiger partial charge is 0.281 e. The van der Waals surface area contributed by atoms with Gasteiger partial charge in [-0.05, 0) is 52.6 Å². The van der Waals surface area contributed by atoms with Crippen LogP contribution in [0, 0.1) is 17.8 Å². The molecular formula is C35H37N. The SMILES string of the molecule is CC(C)c1ccc(CC(C)C(C#Cc2ccccc2)N(Cc2ccccc2)Cc2ccccc2)cc1. The van der Waals surface area contributed by atoms with Gasteiger partial charge in [-0.3, -0.25) is 4.90 Å². The third-order valence-corrected chi connectivity index (χ3v) is 6.73. The fourth-order valence-electron chi connectivity index (χ4n) is 4.68. The monoisotopic (exact) mass is 471 g/mol. The summed E-state index contributed by atoms with van der Waals surface area (Å²) >= 11 is 0. The van der Waals surface area contributed by atoms with Crippen LogP contribution in [0.4, 0.5) is 0 Å². The molecule has 0 radical (unpaired) electrons. The zero-order chi connectivity index (χ0) is 25.2. The standard InChI is InChI=1S/C35H37N/c1-28(2)34-22-19-31(20-23-34)25-29(3)35(24-21-30-13-7-4-8-14-30)36(26-32-15-9-5-10-16-32)27-33-17-11-6-12-18-33/h4-20,22-23,28-29,35H,25-27H2,1-3H3. The summed E-state index contributed by atoms with van der Waals surface area (Å²) in [6.07, 6.45) is 0.993. The van der Waals surface area contributed by atoms with Crippen LogP contribution >= 0.6 is 0 Å². The molecule has 0 aromatic heterocycles. The average Bonchev–Trinajstić information content (AvgIpc) is 2.91. The molecule has 1 heteroatoms. The Balaban J connectivity index is 1.66. The Morgan fingerprint density at radius 2 is 1.08 bits per heavy atom. The van der Waals surface area contributed by atoms with Crippen molar-refractivity contribution >= 4 is 0 Å². The van der Waals surface area contributed by atoms with E-state index < -0.39 is 0 Å². The van der Waals surface area contributed by atoms with Gasteiger partial charge in [0.2, 0.25) is 0 Å². The Morgan fingerprint density at radius 3 is 1.58 bits per heavy atom. The molecule has 182 valence electrons. The van der Waals surface area contributed by atoms with E-state index in [4.69, 9.17) is 0 Å². The molecule has 0 amide bonds. The number of rotatable bonds is 9. The average molecular weight is 472 g/mol. The number of hydrogen-bond acceptors (Lipinski definition) is 1. The van der Waals surface area contributed by atoms with Gasteiger partial charge in [-0.1, -0.05) is 136 Å². The molecule has 4 aromatic rings. The topological polar surface area (TPSA) is 3.24 Å². The van der Waals surface area contributed by atoms with Gasteiger partial charge in [-0.2, -0.15) is 0 Å². The number of benzene rings is 4. The first-order valence-electron chi connectivity index (χ1n) is 13.1. The third kappa shape index (κ3) is 7.45. The Hall–Kier alpha value is -3.60. The van der Waals surface area contributed by atoms with Gasteiger partial charge in [0.25, 0.3) is 0 Å². The van der Waals surface area contributed by atoms with Crippen LogP contribution in [0.15, 0.2) is 115 Å². The van der Waals surface area contributed by atoms with E-state index in [1.807, 2.05) is 6.07 Å². The summed E-state index contributed by atoms with van der Waals surface area (Å²) in [6.45, 7) is 8.57. The summed E-state index contributed by atoms with van der Waals surface area (Å²) in [5, 5.41) is 0. The second kappa shape index (κ2) is 12.9. The van der Waals surface area contributed by atoms with Crippen molar-refractivity contribution in [2.75, 3.05) is 0 Å². The fraction of sp³-hybridized carbons (Fsp3) is 0.257. The summed E-state index contributed by atoms with van der Waals surface area (Å²) in [7, 11) is 0. The Morgan fingerprint density at radius 1 is 0.583 bits per heavy atom. The molecule has 36 heavy (non-hydrogen) atoms. The highest BCUT2D eigenvalue weighted by atomic mass is 15.2. The summed E-state index contributed by atoms with van der Waals surface area (Å²) in [5.74, 6) is 8.11. The number of hydrogen-bond donors (Lipinski definition) is 0. The molecule has 2 atom stereocenters. The molecular weight excluding hydrogens is 434 g/mol. The van der Waals surface area contributed by atoms with Crippen LogP contribution in [0.2, 0.25) is 0 Å². The normalized spacial score (nSPS) is 12.7. The highest BCUT2D eigenvalue weighted by molar-refractivity contribution is 5.35. The lowest BCUT2D eigenvalue weighted by molar-refractivity contribution is 0.172. The molecule has 0 N–H and O–H groups in total. The molecule has 0 aliphatic rings. The van der Waals surface area contributed by atoms with Gasteiger partial charge in [0.1, 0.15) is 0 Å². The molecule has 0 spiro atoms. The van der Waals surface area contributed by atoms with Crippen LogP contribution in [0.25, 0.3) is 0 Å². The first-order chi connectivity index (χ1) is 17.6. The highest BCUT2D eigenvalue weighted by Crippen LogP contribution is 2.23. The van der Waals surface area contributed by atoms with E-state index in [0.29, 0.717) is 11.8 Å². The smallest absolute Gasteiger partial charge is 0.0753 e. The van der Waals surface area contributed by atoms with E-state index in [1.165, 1.54) is 22.3 Å². The summed E-state index contributed by atoms with van der Waals surface area (Å²) in [6, 6.07) is 41.2. The van der Waals surface area contributed by atoms with E-state index in [1.54, 1.807) is 0 Å². The fourth-order valence-corrected chi connectivity index (χ4v) is 4.68. The first kappa shape index (κ1) is 25.5. The molecule has 4 rings (SSSR count). The highest BCUT2D eigenvalue weighted by Gasteiger charge is 2.24. The predicted molar refractivity (Wildman–Crippen MR) is 153 cm³/mol. The summed E-state index contributed by atoms with van der Waals surface area (Å²) < 4.78 is 0. The maximum absolute atomic E-state index is 3.70. The molecule has 4 aromatic carbocycles. The Kier molecular flexibility index (Phi) is 9.15. The van der Waals surface area contributed by atoms with Crippen LogP contribution in [-0.4, -0.2) is 10.9 Å². The zero-order valence-corrected chi connectivity index (χ0v) is 21.8. The molecule has 0 fully saturated rings. The van der Waals surface area contributed by atoms with Gasteiger partial charge < -0.3 is 0 Å². The van der Waals surface area contributed by atoms with E-state index in [2.05, 4.69) is 147 Å². The van der Waals surface area contributed by atoms with E-state index in [0.717, 1.165) is 25.1 Å². The van der Waals surface area contributed by atoms with Crippen molar-refractivity contribution in [2.45, 2.75) is 52.2 Å². The van der Waals surface area contributed by atoms with Gasteiger partial charge in [0.15, 0.2) is 0 Å². The molecule has 0 bridgehead atoms. The van der Waals surface area contributed by atoms with E-state index in [9.17, 15) is 0 Å². The zero-order valence-electron chi connectivity index (χ0n) is 21.8. The Labute approximate surface area is 217 Å². The lowest BCUT2D eigenvalue weighted by Crippen LogP contribution is -2.39. The Bertz CT molecular complexity index is 1190. The first-order valence-corrected chi connectivity index (χ1v) is 13.1. The quantitative estimate of drug-likeness (QED) is 0.223. The minimum atomic E-state index is 0.107. The molecule has 0 saturated carbocycles. The molecule has 0 aliphatic carbocycles. The van der Waals surface area contributed by atoms with Crippen LogP contribution in [0.3, 0.4) is 0 Å². The molecule has 0 heterocycles. The summed E-state index contributed by atoms with van der Waals surface area (Å²) in [4.78, 5) is 2.55. The van der Waals surface area contributed by atoms with Gasteiger partial charge >= 0.3 is 0 Å². The van der Waals surface area contributed by atoms with Crippen molar-refractivity contribution in [3.05, 3.63) is 143 Å². The van der Waals surface area contributed by atoms with Crippen LogP contribution in [0.5, 0.6) is 0 Å². The molecule has 1 nitrogen and oxygen atoms in total. The van der Waals surface area contributed by atoms with Gasteiger partial charge in [-0.15, -0.1) is 0 Å². The lowest BCUT2D eigenvalue weighted by Gasteiger charge is -2.33. The molecule has 0 aliphatic heterocycles. The van der Waals surface area contributed by atoms with Crippen molar-refractivity contribution in [1.29, 1.82) is 0 Å². The van der Waals surface area contributed by atoms with E-state index in [-0.39, 0.29) is 6.04 Å². The van der Waals surface area contributed by atoms with Crippen molar-refractivity contribution in [3.8, 4) is 11.8 Å².